The van der Waals surface area contributed by atoms with Crippen LogP contribution in [0, 0.1) is 12.3 Å². The third-order valence-corrected chi connectivity index (χ3v) is 4.42. The molecule has 0 aliphatic heterocycles. The summed E-state index contributed by atoms with van der Waals surface area (Å²) in [5.74, 6) is 2.73. The Kier molecular flexibility index (Phi) is 5.73. The van der Waals surface area contributed by atoms with Gasteiger partial charge in [-0.05, 0) is 37.1 Å². The summed E-state index contributed by atoms with van der Waals surface area (Å²) in [7, 11) is -3.10. The Labute approximate surface area is 110 Å². The molecule has 18 heavy (non-hydrogen) atoms. The van der Waals surface area contributed by atoms with Crippen molar-refractivity contribution < 1.29 is 8.42 Å². The van der Waals surface area contributed by atoms with E-state index in [2.05, 4.69) is 11.2 Å². The fourth-order valence-corrected chi connectivity index (χ4v) is 2.42. The topological polar surface area (TPSA) is 46.2 Å². The van der Waals surface area contributed by atoms with E-state index in [4.69, 9.17) is 6.42 Å². The lowest BCUT2D eigenvalue weighted by atomic mass is 10.2. The molecule has 0 radical (unpaired) electrons. The lowest BCUT2D eigenvalue weighted by Gasteiger charge is -2.07. The second-order valence-corrected chi connectivity index (χ2v) is 6.29. The molecule has 0 fully saturated rings. The van der Waals surface area contributed by atoms with Crippen molar-refractivity contribution in [1.29, 1.82) is 0 Å². The molecule has 0 aliphatic carbocycles. The molecule has 0 atom stereocenters. The molecule has 0 aromatic heterocycles. The van der Waals surface area contributed by atoms with Crippen molar-refractivity contribution in [3.05, 3.63) is 24.3 Å². The highest BCUT2D eigenvalue weighted by Gasteiger charge is 2.10. The number of anilines is 1. The molecule has 1 rings (SSSR count). The van der Waals surface area contributed by atoms with Crippen LogP contribution in [0.2, 0.25) is 0 Å². The van der Waals surface area contributed by atoms with Crippen LogP contribution in [0.1, 0.15) is 26.2 Å². The average molecular weight is 265 g/mol. The highest BCUT2D eigenvalue weighted by molar-refractivity contribution is 7.91. The Hall–Kier alpha value is -1.47. The zero-order chi connectivity index (χ0) is 13.4. The van der Waals surface area contributed by atoms with E-state index in [0.29, 0.717) is 4.90 Å². The van der Waals surface area contributed by atoms with Gasteiger partial charge in [-0.2, -0.15) is 0 Å². The number of terminal acetylenes is 1. The number of sulfone groups is 1. The van der Waals surface area contributed by atoms with Crippen LogP contribution in [-0.4, -0.2) is 20.7 Å². The maximum Gasteiger partial charge on any atom is 0.178 e. The Morgan fingerprint density at radius 3 is 2.44 bits per heavy atom. The van der Waals surface area contributed by atoms with Crippen LogP contribution in [0.4, 0.5) is 5.69 Å². The van der Waals surface area contributed by atoms with Gasteiger partial charge in [0.25, 0.3) is 0 Å². The van der Waals surface area contributed by atoms with Crippen molar-refractivity contribution in [1.82, 2.24) is 0 Å². The van der Waals surface area contributed by atoms with Crippen LogP contribution >= 0.6 is 0 Å². The molecule has 98 valence electrons. The minimum absolute atomic E-state index is 0.131. The maximum atomic E-state index is 11.6. The van der Waals surface area contributed by atoms with E-state index in [1.807, 2.05) is 0 Å². The van der Waals surface area contributed by atoms with E-state index in [0.717, 1.165) is 31.5 Å². The van der Waals surface area contributed by atoms with Gasteiger partial charge in [-0.3, -0.25) is 0 Å². The number of hydrogen-bond acceptors (Lipinski definition) is 3. The van der Waals surface area contributed by atoms with Gasteiger partial charge in [-0.15, -0.1) is 12.3 Å². The van der Waals surface area contributed by atoms with Crippen molar-refractivity contribution in [3.63, 3.8) is 0 Å². The molecule has 0 saturated heterocycles. The van der Waals surface area contributed by atoms with Crippen LogP contribution in [0.5, 0.6) is 0 Å². The molecular formula is C14H19NO2S. The van der Waals surface area contributed by atoms with Gasteiger partial charge in [0.1, 0.15) is 0 Å². The van der Waals surface area contributed by atoms with E-state index in [9.17, 15) is 8.42 Å². The van der Waals surface area contributed by atoms with E-state index in [1.165, 1.54) is 0 Å². The van der Waals surface area contributed by atoms with Gasteiger partial charge in [0, 0.05) is 18.7 Å². The molecule has 1 aromatic carbocycles. The first-order valence-corrected chi connectivity index (χ1v) is 7.75. The smallest absolute Gasteiger partial charge is 0.178 e. The van der Waals surface area contributed by atoms with Crippen LogP contribution in [0.25, 0.3) is 0 Å². The molecule has 0 heterocycles. The largest absolute Gasteiger partial charge is 0.385 e. The van der Waals surface area contributed by atoms with Crippen molar-refractivity contribution in [2.45, 2.75) is 31.1 Å². The van der Waals surface area contributed by atoms with Gasteiger partial charge in [0.15, 0.2) is 9.84 Å². The van der Waals surface area contributed by atoms with E-state index in [-0.39, 0.29) is 5.75 Å². The highest BCUT2D eigenvalue weighted by atomic mass is 32.2. The van der Waals surface area contributed by atoms with Crippen LogP contribution < -0.4 is 5.32 Å². The molecule has 0 saturated carbocycles. The van der Waals surface area contributed by atoms with E-state index >= 15 is 0 Å². The summed E-state index contributed by atoms with van der Waals surface area (Å²) in [6, 6.07) is 6.87. The van der Waals surface area contributed by atoms with Crippen LogP contribution in [0.15, 0.2) is 29.2 Å². The fraction of sp³-hybridized carbons (Fsp3) is 0.429. The molecule has 0 unspecified atom stereocenters. The highest BCUT2D eigenvalue weighted by Crippen LogP contribution is 2.15. The molecule has 0 spiro atoms. The second kappa shape index (κ2) is 7.07. The zero-order valence-electron chi connectivity index (χ0n) is 10.6. The van der Waals surface area contributed by atoms with Gasteiger partial charge in [-0.1, -0.05) is 6.92 Å². The number of rotatable bonds is 7. The summed E-state index contributed by atoms with van der Waals surface area (Å²) >= 11 is 0. The van der Waals surface area contributed by atoms with Gasteiger partial charge in [0.05, 0.1) is 10.6 Å². The minimum atomic E-state index is -3.10. The van der Waals surface area contributed by atoms with Crippen LogP contribution in [-0.2, 0) is 9.84 Å². The molecule has 0 bridgehead atoms. The predicted molar refractivity (Wildman–Crippen MR) is 75.3 cm³/mol. The summed E-state index contributed by atoms with van der Waals surface area (Å²) in [4.78, 5) is 0.378. The molecule has 3 nitrogen and oxygen atoms in total. The second-order valence-electron chi connectivity index (χ2n) is 4.02. The quantitative estimate of drug-likeness (QED) is 0.609. The van der Waals surface area contributed by atoms with Gasteiger partial charge >= 0.3 is 0 Å². The van der Waals surface area contributed by atoms with Crippen molar-refractivity contribution >= 4 is 15.5 Å². The number of benzene rings is 1. The first-order valence-electron chi connectivity index (χ1n) is 6.10. The van der Waals surface area contributed by atoms with Gasteiger partial charge < -0.3 is 5.32 Å². The first kappa shape index (κ1) is 14.6. The van der Waals surface area contributed by atoms with Gasteiger partial charge in [0.2, 0.25) is 0 Å². The lowest BCUT2D eigenvalue weighted by molar-refractivity contribution is 0.597. The lowest BCUT2D eigenvalue weighted by Crippen LogP contribution is -2.05. The minimum Gasteiger partial charge on any atom is -0.385 e. The Balaban J connectivity index is 2.49. The maximum absolute atomic E-state index is 11.6. The average Bonchev–Trinajstić information content (AvgIpc) is 2.39. The SMILES string of the molecule is C#CCCCCNc1ccc(S(=O)(=O)CC)cc1. The summed E-state index contributed by atoms with van der Waals surface area (Å²) in [6.45, 7) is 2.49. The predicted octanol–water partition coefficient (Wildman–Crippen LogP) is 2.70. The third-order valence-electron chi connectivity index (χ3n) is 2.67. The Bertz CT molecular complexity index is 498. The molecule has 1 N–H and O–H groups in total. The van der Waals surface area contributed by atoms with Crippen molar-refractivity contribution in [2.24, 2.45) is 0 Å². The Morgan fingerprint density at radius 1 is 1.22 bits per heavy atom. The number of unbranched alkanes of at least 4 members (excludes halogenated alkanes) is 2. The molecule has 0 amide bonds. The monoisotopic (exact) mass is 265 g/mol. The zero-order valence-corrected chi connectivity index (χ0v) is 11.5. The summed E-state index contributed by atoms with van der Waals surface area (Å²) < 4.78 is 23.2. The normalized spacial score (nSPS) is 10.9. The number of hydrogen-bond donors (Lipinski definition) is 1. The van der Waals surface area contributed by atoms with Gasteiger partial charge in [-0.25, -0.2) is 8.42 Å². The summed E-state index contributed by atoms with van der Waals surface area (Å²) in [5.41, 5.74) is 0.936. The first-order chi connectivity index (χ1) is 8.60. The van der Waals surface area contributed by atoms with Crippen LogP contribution in [0.3, 0.4) is 0 Å². The Morgan fingerprint density at radius 2 is 1.89 bits per heavy atom. The van der Waals surface area contributed by atoms with E-state index in [1.54, 1.807) is 31.2 Å². The molecule has 1 aromatic rings. The fourth-order valence-electron chi connectivity index (χ4n) is 1.53. The third kappa shape index (κ3) is 4.42. The summed E-state index contributed by atoms with van der Waals surface area (Å²) in [5, 5.41) is 3.24. The van der Waals surface area contributed by atoms with E-state index < -0.39 is 9.84 Å². The van der Waals surface area contributed by atoms with Crippen molar-refractivity contribution in [2.75, 3.05) is 17.6 Å². The van der Waals surface area contributed by atoms with Crippen molar-refractivity contribution in [3.8, 4) is 12.3 Å². The molecular weight excluding hydrogens is 246 g/mol. The standard InChI is InChI=1S/C14H19NO2S/c1-3-5-6-7-12-15-13-8-10-14(11-9-13)18(16,17)4-2/h1,8-11,15H,4-7,12H2,2H3. The summed E-state index contributed by atoms with van der Waals surface area (Å²) in [6.07, 6.45) is 7.98. The molecule has 4 heteroatoms. The molecule has 0 aliphatic rings. The number of nitrogens with one attached hydrogen (secondary N) is 1.